The number of aromatic nitrogens is 2. The van der Waals surface area contributed by atoms with Crippen LogP contribution in [0.2, 0.25) is 0 Å². The van der Waals surface area contributed by atoms with Crippen molar-refractivity contribution in [3.8, 4) is 0 Å². The molecule has 1 heterocycles. The molecule has 150 valence electrons. The van der Waals surface area contributed by atoms with Crippen molar-refractivity contribution in [3.05, 3.63) is 101 Å². The Hall–Kier alpha value is -3.93. The van der Waals surface area contributed by atoms with E-state index in [1.54, 1.807) is 40.0 Å². The van der Waals surface area contributed by atoms with Gasteiger partial charge in [-0.1, -0.05) is 48.5 Å². The third-order valence-corrected chi connectivity index (χ3v) is 5.10. The van der Waals surface area contributed by atoms with Crippen LogP contribution in [0.25, 0.3) is 10.9 Å². The van der Waals surface area contributed by atoms with E-state index >= 15 is 0 Å². The smallest absolute Gasteiger partial charge is 0.335 e. The molecule has 0 unspecified atom stereocenters. The van der Waals surface area contributed by atoms with Crippen LogP contribution < -0.4 is 0 Å². The van der Waals surface area contributed by atoms with Crippen LogP contribution in [-0.4, -0.2) is 31.7 Å². The Morgan fingerprint density at radius 3 is 2.23 bits per heavy atom. The molecule has 0 radical (unpaired) electrons. The number of rotatable bonds is 6. The summed E-state index contributed by atoms with van der Waals surface area (Å²) in [5, 5.41) is 14.2. The van der Waals surface area contributed by atoms with E-state index in [4.69, 9.17) is 5.11 Å². The molecular weight excluding hydrogens is 378 g/mol. The van der Waals surface area contributed by atoms with Crippen LogP contribution in [0.5, 0.6) is 0 Å². The molecule has 6 heteroatoms. The van der Waals surface area contributed by atoms with Crippen LogP contribution in [0, 0.1) is 0 Å². The van der Waals surface area contributed by atoms with Gasteiger partial charge in [-0.3, -0.25) is 9.48 Å². The van der Waals surface area contributed by atoms with E-state index in [1.807, 2.05) is 55.6 Å². The normalized spacial score (nSPS) is 10.8. The Kier molecular flexibility index (Phi) is 5.30. The van der Waals surface area contributed by atoms with Gasteiger partial charge in [0.05, 0.1) is 22.8 Å². The molecule has 0 spiro atoms. The van der Waals surface area contributed by atoms with Crippen LogP contribution in [0.1, 0.15) is 31.8 Å². The van der Waals surface area contributed by atoms with Gasteiger partial charge in [0.15, 0.2) is 0 Å². The molecule has 1 amide bonds. The quantitative estimate of drug-likeness (QED) is 0.529. The van der Waals surface area contributed by atoms with E-state index in [2.05, 4.69) is 5.10 Å². The second-order valence-corrected chi connectivity index (χ2v) is 7.16. The maximum Gasteiger partial charge on any atom is 0.335 e. The van der Waals surface area contributed by atoms with Crippen molar-refractivity contribution in [1.82, 2.24) is 14.7 Å². The zero-order valence-corrected chi connectivity index (χ0v) is 16.5. The minimum Gasteiger partial charge on any atom is -0.478 e. The first-order valence-electron chi connectivity index (χ1n) is 9.59. The van der Waals surface area contributed by atoms with E-state index in [9.17, 15) is 9.59 Å². The van der Waals surface area contributed by atoms with Crippen LogP contribution >= 0.6 is 0 Å². The molecule has 0 aliphatic heterocycles. The highest BCUT2D eigenvalue weighted by molar-refractivity contribution is 6.06. The molecule has 6 nitrogen and oxygen atoms in total. The van der Waals surface area contributed by atoms with Gasteiger partial charge in [-0.15, -0.1) is 0 Å². The van der Waals surface area contributed by atoms with Gasteiger partial charge in [-0.25, -0.2) is 4.79 Å². The third-order valence-electron chi connectivity index (χ3n) is 5.10. The maximum atomic E-state index is 13.5. The Balaban J connectivity index is 1.68. The molecule has 0 aliphatic carbocycles. The highest BCUT2D eigenvalue weighted by Gasteiger charge is 2.20. The van der Waals surface area contributed by atoms with Gasteiger partial charge < -0.3 is 10.0 Å². The highest BCUT2D eigenvalue weighted by atomic mass is 16.4. The monoisotopic (exact) mass is 399 g/mol. The van der Waals surface area contributed by atoms with Gasteiger partial charge in [0.25, 0.3) is 5.91 Å². The lowest BCUT2D eigenvalue weighted by atomic mass is 10.1. The summed E-state index contributed by atoms with van der Waals surface area (Å²) in [6.07, 6.45) is 1.71. The van der Waals surface area contributed by atoms with Crippen LogP contribution in [0.4, 0.5) is 0 Å². The predicted molar refractivity (Wildman–Crippen MR) is 114 cm³/mol. The minimum atomic E-state index is -0.970. The van der Waals surface area contributed by atoms with Crippen LogP contribution in [0.15, 0.2) is 79.0 Å². The SMILES string of the molecule is Cn1ncc2c(C(=O)N(Cc3ccccc3)Cc3ccc(C(=O)O)cc3)cccc21. The van der Waals surface area contributed by atoms with Crippen molar-refractivity contribution in [2.45, 2.75) is 13.1 Å². The zero-order chi connectivity index (χ0) is 21.1. The number of carboxylic acid groups (broad SMARTS) is 1. The zero-order valence-electron chi connectivity index (χ0n) is 16.5. The van der Waals surface area contributed by atoms with Crippen molar-refractivity contribution < 1.29 is 14.7 Å². The molecule has 0 saturated heterocycles. The number of carbonyl (C=O) groups is 2. The molecule has 0 aliphatic rings. The molecule has 0 atom stereocenters. The number of carboxylic acids is 1. The first-order valence-corrected chi connectivity index (χ1v) is 9.59. The summed E-state index contributed by atoms with van der Waals surface area (Å²) >= 11 is 0. The molecule has 30 heavy (non-hydrogen) atoms. The summed E-state index contributed by atoms with van der Waals surface area (Å²) in [6.45, 7) is 0.807. The number of nitrogens with zero attached hydrogens (tertiary/aromatic N) is 3. The fourth-order valence-electron chi connectivity index (χ4n) is 3.51. The Morgan fingerprint density at radius 2 is 1.57 bits per heavy atom. The third kappa shape index (κ3) is 3.93. The van der Waals surface area contributed by atoms with Crippen molar-refractivity contribution in [2.24, 2.45) is 7.05 Å². The molecule has 1 aromatic heterocycles. The van der Waals surface area contributed by atoms with Gasteiger partial charge in [-0.2, -0.15) is 5.10 Å². The number of benzene rings is 3. The van der Waals surface area contributed by atoms with Crippen molar-refractivity contribution in [2.75, 3.05) is 0 Å². The van der Waals surface area contributed by atoms with Gasteiger partial charge >= 0.3 is 5.97 Å². The Labute approximate surface area is 174 Å². The van der Waals surface area contributed by atoms with E-state index in [0.29, 0.717) is 18.7 Å². The average molecular weight is 399 g/mol. The summed E-state index contributed by atoms with van der Waals surface area (Å²) in [5.41, 5.74) is 3.60. The summed E-state index contributed by atoms with van der Waals surface area (Å²) < 4.78 is 1.75. The lowest BCUT2D eigenvalue weighted by Crippen LogP contribution is -2.30. The molecule has 4 aromatic rings. The molecule has 3 aromatic carbocycles. The molecule has 1 N–H and O–H groups in total. The Bertz CT molecular complexity index is 1200. The predicted octanol–water partition coefficient (Wildman–Crippen LogP) is 4.11. The summed E-state index contributed by atoms with van der Waals surface area (Å²) in [5.74, 6) is -1.07. The average Bonchev–Trinajstić information content (AvgIpc) is 3.15. The Morgan fingerprint density at radius 1 is 0.900 bits per heavy atom. The lowest BCUT2D eigenvalue weighted by Gasteiger charge is -2.24. The number of carbonyl (C=O) groups excluding carboxylic acids is 1. The van der Waals surface area contributed by atoms with Crippen LogP contribution in [0.3, 0.4) is 0 Å². The highest BCUT2D eigenvalue weighted by Crippen LogP contribution is 2.22. The maximum absolute atomic E-state index is 13.5. The van der Waals surface area contributed by atoms with E-state index in [0.717, 1.165) is 22.0 Å². The van der Waals surface area contributed by atoms with Crippen molar-refractivity contribution in [1.29, 1.82) is 0 Å². The van der Waals surface area contributed by atoms with Gasteiger partial charge in [-0.05, 0) is 35.4 Å². The summed E-state index contributed by atoms with van der Waals surface area (Å²) in [7, 11) is 1.85. The largest absolute Gasteiger partial charge is 0.478 e. The number of aryl methyl sites for hydroxylation is 1. The molecule has 0 fully saturated rings. The summed E-state index contributed by atoms with van der Waals surface area (Å²) in [4.78, 5) is 26.4. The van der Waals surface area contributed by atoms with Crippen molar-refractivity contribution >= 4 is 22.8 Å². The first kappa shape index (κ1) is 19.4. The lowest BCUT2D eigenvalue weighted by molar-refractivity contribution is 0.0693. The fourth-order valence-corrected chi connectivity index (χ4v) is 3.51. The molecule has 4 rings (SSSR count). The number of fused-ring (bicyclic) bond motifs is 1. The molecule has 0 saturated carbocycles. The van der Waals surface area contributed by atoms with Gasteiger partial charge in [0, 0.05) is 25.5 Å². The standard InChI is InChI=1S/C24H21N3O3/c1-26-22-9-5-8-20(21(22)14-25-26)23(28)27(15-17-6-3-2-4-7-17)16-18-10-12-19(13-11-18)24(29)30/h2-14H,15-16H2,1H3,(H,29,30). The number of aromatic carboxylic acids is 1. The molecular formula is C24H21N3O3. The summed E-state index contributed by atoms with van der Waals surface area (Å²) in [6, 6.07) is 22.0. The number of hydrogen-bond acceptors (Lipinski definition) is 3. The fraction of sp³-hybridized carbons (Fsp3) is 0.125. The van der Waals surface area contributed by atoms with E-state index < -0.39 is 5.97 Å². The molecule has 0 bridgehead atoms. The van der Waals surface area contributed by atoms with Gasteiger partial charge in [0.1, 0.15) is 0 Å². The second kappa shape index (κ2) is 8.21. The number of amides is 1. The van der Waals surface area contributed by atoms with Crippen LogP contribution in [-0.2, 0) is 20.1 Å². The van der Waals surface area contributed by atoms with E-state index in [-0.39, 0.29) is 11.5 Å². The topological polar surface area (TPSA) is 75.4 Å². The second-order valence-electron chi connectivity index (χ2n) is 7.16. The minimum absolute atomic E-state index is 0.0974. The van der Waals surface area contributed by atoms with Gasteiger partial charge in [0.2, 0.25) is 0 Å². The first-order chi connectivity index (χ1) is 14.5. The van der Waals surface area contributed by atoms with E-state index in [1.165, 1.54) is 0 Å². The van der Waals surface area contributed by atoms with Crippen molar-refractivity contribution in [3.63, 3.8) is 0 Å². The number of hydrogen-bond donors (Lipinski definition) is 1.